The lowest BCUT2D eigenvalue weighted by Crippen LogP contribution is -2.46. The first-order valence-electron chi connectivity index (χ1n) is 12.6. The lowest BCUT2D eigenvalue weighted by molar-refractivity contribution is 0.134. The Balaban J connectivity index is 6.46. The zero-order valence-electron chi connectivity index (χ0n) is 24.9. The average Bonchev–Trinajstić information content (AvgIpc) is 2.54. The monoisotopic (exact) mass is 552 g/mol. The largest absolute Gasteiger partial charge is 0.411 e. The number of hydrogen-bond donors (Lipinski definition) is 0. The van der Waals surface area contributed by atoms with Gasteiger partial charge in [-0.1, -0.05) is 89.5 Å². The van der Waals surface area contributed by atoms with Crippen molar-refractivity contribution in [1.29, 1.82) is 0 Å². The van der Waals surface area contributed by atoms with Crippen molar-refractivity contribution >= 4 is 52.8 Å². The third-order valence-electron chi connectivity index (χ3n) is 6.02. The van der Waals surface area contributed by atoms with Gasteiger partial charge < -0.3 is 8.85 Å². The highest BCUT2D eigenvalue weighted by Gasteiger charge is 2.46. The first-order chi connectivity index (χ1) is 13.9. The van der Waals surface area contributed by atoms with Crippen LogP contribution in [0.5, 0.6) is 0 Å². The van der Waals surface area contributed by atoms with Crippen molar-refractivity contribution in [3.8, 4) is 0 Å². The van der Waals surface area contributed by atoms with Crippen LogP contribution in [-0.2, 0) is 8.85 Å². The van der Waals surface area contributed by atoms with Gasteiger partial charge in [0, 0.05) is 5.41 Å². The highest BCUT2D eigenvalue weighted by Crippen LogP contribution is 2.60. The first-order valence-corrected chi connectivity index (χ1v) is 30.3. The first kappa shape index (κ1) is 33.4. The molecule has 0 aliphatic rings. The molecule has 0 amide bonds. The molecule has 0 heterocycles. The normalized spacial score (nSPS) is 17.5. The summed E-state index contributed by atoms with van der Waals surface area (Å²) in [6, 6.07) is 0. The summed E-state index contributed by atoms with van der Waals surface area (Å²) >= 11 is 0. The average molecular weight is 553 g/mol. The highest BCUT2D eigenvalue weighted by atomic mass is 31.4. The molecule has 0 aliphatic heterocycles. The van der Waals surface area contributed by atoms with Crippen LogP contribution in [0.2, 0.25) is 72.0 Å². The summed E-state index contributed by atoms with van der Waals surface area (Å²) in [5.74, 6) is 1.82. The molecule has 0 rings (SSSR count). The summed E-state index contributed by atoms with van der Waals surface area (Å²) < 4.78 is 13.9. The second-order valence-electron chi connectivity index (χ2n) is 14.4. The SMILES string of the molecule is CCC(C)(C)C(O[Si](C)(C)C)=P[Si](C)(C)CP(C(O[Si](C)(C)C)C(C)(C)CC)[Si](C)(C)C. The lowest BCUT2D eigenvalue weighted by Gasteiger charge is -2.48. The molecule has 0 saturated carbocycles. The second-order valence-corrected chi connectivity index (χ2v) is 44.6. The molecule has 0 fully saturated rings. The van der Waals surface area contributed by atoms with E-state index < -0.39 is 32.1 Å². The lowest BCUT2D eigenvalue weighted by atomic mass is 9.91. The molecule has 0 aliphatic carbocycles. The molecule has 32 heavy (non-hydrogen) atoms. The summed E-state index contributed by atoms with van der Waals surface area (Å²) in [4.78, 5) is 0. The predicted octanol–water partition coefficient (Wildman–Crippen LogP) is 10.0. The molecule has 0 bridgehead atoms. The fourth-order valence-electron chi connectivity index (χ4n) is 3.31. The minimum absolute atomic E-state index is 0.144. The molecule has 2 unspecified atom stereocenters. The van der Waals surface area contributed by atoms with Crippen LogP contribution in [0.25, 0.3) is 0 Å². The zero-order valence-corrected chi connectivity index (χ0v) is 30.7. The van der Waals surface area contributed by atoms with E-state index in [1.165, 1.54) is 25.4 Å². The van der Waals surface area contributed by atoms with Crippen LogP contribution in [0.1, 0.15) is 54.4 Å². The van der Waals surface area contributed by atoms with Crippen LogP contribution in [0.15, 0.2) is 0 Å². The summed E-state index contributed by atoms with van der Waals surface area (Å²) in [5.41, 5.74) is 1.75. The van der Waals surface area contributed by atoms with Gasteiger partial charge in [-0.2, -0.15) is 0 Å². The van der Waals surface area contributed by atoms with E-state index >= 15 is 0 Å². The Kier molecular flexibility index (Phi) is 12.1. The van der Waals surface area contributed by atoms with Crippen LogP contribution in [0.3, 0.4) is 0 Å². The van der Waals surface area contributed by atoms with E-state index in [-0.39, 0.29) is 18.3 Å². The second kappa shape index (κ2) is 11.6. The van der Waals surface area contributed by atoms with E-state index in [0.717, 1.165) is 6.42 Å². The Morgan fingerprint density at radius 3 is 1.56 bits per heavy atom. The van der Waals surface area contributed by atoms with E-state index in [1.54, 1.807) is 0 Å². The Bertz CT molecular complexity index is 627. The summed E-state index contributed by atoms with van der Waals surface area (Å²) in [6.07, 6.45) is 2.32. The molecule has 0 aromatic heterocycles. The summed E-state index contributed by atoms with van der Waals surface area (Å²) in [5, 5.41) is 0. The van der Waals surface area contributed by atoms with E-state index in [4.69, 9.17) is 8.85 Å². The molecule has 0 saturated heterocycles. The van der Waals surface area contributed by atoms with Gasteiger partial charge >= 0.3 is 0 Å². The van der Waals surface area contributed by atoms with Crippen molar-refractivity contribution in [1.82, 2.24) is 0 Å². The maximum absolute atomic E-state index is 7.09. The topological polar surface area (TPSA) is 18.5 Å². The summed E-state index contributed by atoms with van der Waals surface area (Å²) in [6.45, 7) is 41.5. The highest BCUT2D eigenvalue weighted by molar-refractivity contribution is 7.99. The Morgan fingerprint density at radius 2 is 1.25 bits per heavy atom. The van der Waals surface area contributed by atoms with Gasteiger partial charge in [0.15, 0.2) is 16.6 Å². The molecule has 0 radical (unpaired) electrons. The molecular formula is C24H58O2P2Si4. The molecule has 0 N–H and O–H groups in total. The van der Waals surface area contributed by atoms with Crippen molar-refractivity contribution in [3.05, 3.63) is 0 Å². The van der Waals surface area contributed by atoms with Crippen LogP contribution in [0, 0.1) is 10.8 Å². The van der Waals surface area contributed by atoms with Crippen molar-refractivity contribution < 1.29 is 8.85 Å². The predicted molar refractivity (Wildman–Crippen MR) is 165 cm³/mol. The van der Waals surface area contributed by atoms with E-state index in [9.17, 15) is 0 Å². The van der Waals surface area contributed by atoms with Gasteiger partial charge in [-0.15, -0.1) is 0 Å². The third kappa shape index (κ3) is 11.9. The van der Waals surface area contributed by atoms with Gasteiger partial charge in [0.25, 0.3) is 0 Å². The van der Waals surface area contributed by atoms with Crippen molar-refractivity contribution in [2.45, 2.75) is 132 Å². The smallest absolute Gasteiger partial charge is 0.191 e. The molecule has 0 aromatic carbocycles. The molecular weight excluding hydrogens is 495 g/mol. The third-order valence-corrected chi connectivity index (χ3v) is 28.2. The number of hydrogen-bond acceptors (Lipinski definition) is 2. The Labute approximate surface area is 210 Å². The Morgan fingerprint density at radius 1 is 0.781 bits per heavy atom. The molecule has 8 heteroatoms. The van der Waals surface area contributed by atoms with Crippen LogP contribution >= 0.6 is 15.2 Å². The zero-order chi connectivity index (χ0) is 26.0. The maximum Gasteiger partial charge on any atom is 0.191 e. The molecule has 0 aromatic rings. The molecule has 192 valence electrons. The van der Waals surface area contributed by atoms with Crippen LogP contribution < -0.4 is 0 Å². The van der Waals surface area contributed by atoms with E-state index in [0.29, 0.717) is 5.85 Å². The van der Waals surface area contributed by atoms with Crippen molar-refractivity contribution in [2.75, 3.05) is 5.79 Å². The Hall–Kier alpha value is 1.39. The van der Waals surface area contributed by atoms with E-state index in [1.807, 2.05) is 0 Å². The van der Waals surface area contributed by atoms with Gasteiger partial charge in [0.2, 0.25) is 0 Å². The summed E-state index contributed by atoms with van der Waals surface area (Å²) in [7, 11) is -4.87. The van der Waals surface area contributed by atoms with Crippen LogP contribution in [-0.4, -0.2) is 49.2 Å². The molecule has 0 spiro atoms. The maximum atomic E-state index is 7.09. The fourth-order valence-corrected chi connectivity index (χ4v) is 34.2. The number of rotatable bonds is 13. The van der Waals surface area contributed by atoms with E-state index in [2.05, 4.69) is 114 Å². The molecule has 2 nitrogen and oxygen atoms in total. The van der Waals surface area contributed by atoms with Crippen LogP contribution in [0.4, 0.5) is 0 Å². The van der Waals surface area contributed by atoms with Crippen molar-refractivity contribution in [3.63, 3.8) is 0 Å². The van der Waals surface area contributed by atoms with Gasteiger partial charge in [-0.3, -0.25) is 0 Å². The van der Waals surface area contributed by atoms with Crippen molar-refractivity contribution in [2.24, 2.45) is 10.8 Å². The fraction of sp³-hybridized carbons (Fsp3) is 0.958. The minimum atomic E-state index is -1.64. The van der Waals surface area contributed by atoms with Gasteiger partial charge in [-0.05, 0) is 63.3 Å². The quantitative estimate of drug-likeness (QED) is 0.167. The van der Waals surface area contributed by atoms with Gasteiger partial charge in [0.1, 0.15) is 7.74 Å². The van der Waals surface area contributed by atoms with Gasteiger partial charge in [-0.25, -0.2) is 0 Å². The minimum Gasteiger partial charge on any atom is -0.411 e. The standard InChI is InChI=1S/C24H58O2P2Si4/c1-18-23(3,4)21(25-29(7,8)9)27-32(16,17)20-28(31(13,14)15)22(24(5,6)19-2)26-30(10,11)12/h22H,18-20H2,1-17H3. The van der Waals surface area contributed by atoms with Gasteiger partial charge in [0.05, 0.1) is 19.1 Å². The molecule has 2 atom stereocenters.